The van der Waals surface area contributed by atoms with E-state index in [1.54, 1.807) is 0 Å². The molecule has 3 nitrogen and oxygen atoms in total. The molecule has 3 unspecified atom stereocenters. The summed E-state index contributed by atoms with van der Waals surface area (Å²) in [6.07, 6.45) is 1.60. The van der Waals surface area contributed by atoms with Crippen LogP contribution in [-0.4, -0.2) is 49.3 Å². The molecule has 1 fully saturated rings. The van der Waals surface area contributed by atoms with Crippen LogP contribution in [0.4, 0.5) is 0 Å². The van der Waals surface area contributed by atoms with Gasteiger partial charge in [-0.15, -0.1) is 0 Å². The number of rotatable bonds is 6. The molecule has 0 saturated carbocycles. The average Bonchev–Trinajstić information content (AvgIpc) is 2.30. The van der Waals surface area contributed by atoms with Gasteiger partial charge in [0, 0.05) is 31.7 Å². The Labute approximate surface area is 107 Å². The molecule has 0 aromatic heterocycles. The molecule has 0 amide bonds. The quantitative estimate of drug-likeness (QED) is 0.772. The topological polar surface area (TPSA) is 24.5 Å². The van der Waals surface area contributed by atoms with Crippen LogP contribution < -0.4 is 5.32 Å². The minimum atomic E-state index is 0.346. The van der Waals surface area contributed by atoms with Crippen molar-refractivity contribution in [3.63, 3.8) is 0 Å². The van der Waals surface area contributed by atoms with Crippen molar-refractivity contribution in [1.82, 2.24) is 10.2 Å². The number of nitrogens with zero attached hydrogens (tertiary/aromatic N) is 1. The highest BCUT2D eigenvalue weighted by Gasteiger charge is 2.27. The third kappa shape index (κ3) is 4.94. The van der Waals surface area contributed by atoms with Gasteiger partial charge < -0.3 is 10.1 Å². The van der Waals surface area contributed by atoms with E-state index in [1.165, 1.54) is 6.42 Å². The van der Waals surface area contributed by atoms with Crippen molar-refractivity contribution in [3.05, 3.63) is 0 Å². The fourth-order valence-electron chi connectivity index (χ4n) is 2.33. The predicted octanol–water partition coefficient (Wildman–Crippen LogP) is 2.12. The molecule has 0 aliphatic carbocycles. The predicted molar refractivity (Wildman–Crippen MR) is 73.4 cm³/mol. The maximum Gasteiger partial charge on any atom is 0.0597 e. The van der Waals surface area contributed by atoms with Crippen LogP contribution in [0.2, 0.25) is 0 Å². The summed E-state index contributed by atoms with van der Waals surface area (Å²) in [4.78, 5) is 2.57. The molecule has 1 N–H and O–H groups in total. The first-order valence-electron chi connectivity index (χ1n) is 7.13. The van der Waals surface area contributed by atoms with Crippen molar-refractivity contribution in [2.75, 3.05) is 26.2 Å². The zero-order chi connectivity index (χ0) is 12.8. The molecule has 3 atom stereocenters. The summed E-state index contributed by atoms with van der Waals surface area (Å²) < 4.78 is 5.65. The maximum atomic E-state index is 5.65. The Hall–Kier alpha value is -0.120. The van der Waals surface area contributed by atoms with Gasteiger partial charge in [-0.05, 0) is 26.7 Å². The Morgan fingerprint density at radius 1 is 1.35 bits per heavy atom. The SMILES string of the molecule is CCC(C)C1CN(CCOC(C)C)C(C)CN1. The molecule has 0 spiro atoms. The van der Waals surface area contributed by atoms with Crippen LogP contribution in [0.5, 0.6) is 0 Å². The highest BCUT2D eigenvalue weighted by Crippen LogP contribution is 2.15. The molecular weight excluding hydrogens is 212 g/mol. The molecule has 1 rings (SSSR count). The number of nitrogens with one attached hydrogen (secondary N) is 1. The minimum absolute atomic E-state index is 0.346. The second kappa shape index (κ2) is 7.34. The van der Waals surface area contributed by atoms with E-state index < -0.39 is 0 Å². The first-order valence-corrected chi connectivity index (χ1v) is 7.13. The second-order valence-corrected chi connectivity index (χ2v) is 5.66. The van der Waals surface area contributed by atoms with Crippen LogP contribution in [0.25, 0.3) is 0 Å². The summed E-state index contributed by atoms with van der Waals surface area (Å²) in [5.74, 6) is 0.760. The zero-order valence-corrected chi connectivity index (χ0v) is 12.2. The van der Waals surface area contributed by atoms with Crippen LogP contribution in [0.15, 0.2) is 0 Å². The largest absolute Gasteiger partial charge is 0.377 e. The zero-order valence-electron chi connectivity index (χ0n) is 12.2. The molecule has 0 aromatic rings. The third-order valence-corrected chi connectivity index (χ3v) is 3.89. The standard InChI is InChI=1S/C14H30N2O/c1-6-12(4)14-10-16(13(5)9-15-14)7-8-17-11(2)3/h11-15H,6-10H2,1-5H3. The minimum Gasteiger partial charge on any atom is -0.377 e. The van der Waals surface area contributed by atoms with E-state index in [4.69, 9.17) is 4.74 Å². The van der Waals surface area contributed by atoms with Crippen molar-refractivity contribution in [2.45, 2.75) is 59.2 Å². The van der Waals surface area contributed by atoms with Gasteiger partial charge in [-0.25, -0.2) is 0 Å². The fraction of sp³-hybridized carbons (Fsp3) is 1.00. The van der Waals surface area contributed by atoms with Crippen molar-refractivity contribution in [1.29, 1.82) is 0 Å². The number of hydrogen-bond acceptors (Lipinski definition) is 3. The smallest absolute Gasteiger partial charge is 0.0597 e. The van der Waals surface area contributed by atoms with E-state index in [0.29, 0.717) is 18.2 Å². The second-order valence-electron chi connectivity index (χ2n) is 5.66. The van der Waals surface area contributed by atoms with E-state index in [0.717, 1.165) is 32.2 Å². The fourth-order valence-corrected chi connectivity index (χ4v) is 2.33. The number of ether oxygens (including phenoxy) is 1. The van der Waals surface area contributed by atoms with E-state index in [-0.39, 0.29) is 0 Å². The van der Waals surface area contributed by atoms with Gasteiger partial charge in [0.15, 0.2) is 0 Å². The normalized spacial score (nSPS) is 28.6. The van der Waals surface area contributed by atoms with Crippen LogP contribution in [0.3, 0.4) is 0 Å². The molecule has 0 radical (unpaired) electrons. The van der Waals surface area contributed by atoms with Gasteiger partial charge in [-0.3, -0.25) is 4.90 Å². The first-order chi connectivity index (χ1) is 8.04. The third-order valence-electron chi connectivity index (χ3n) is 3.89. The summed E-state index contributed by atoms with van der Waals surface area (Å²) in [6.45, 7) is 15.3. The molecule has 0 bridgehead atoms. The van der Waals surface area contributed by atoms with Crippen LogP contribution in [0, 0.1) is 5.92 Å². The summed E-state index contributed by atoms with van der Waals surface area (Å²) in [5, 5.41) is 3.67. The van der Waals surface area contributed by atoms with Crippen molar-refractivity contribution in [2.24, 2.45) is 5.92 Å². The summed E-state index contributed by atoms with van der Waals surface area (Å²) in [6, 6.07) is 1.28. The lowest BCUT2D eigenvalue weighted by Gasteiger charge is -2.41. The van der Waals surface area contributed by atoms with Crippen LogP contribution in [0.1, 0.15) is 41.0 Å². The average molecular weight is 242 g/mol. The van der Waals surface area contributed by atoms with E-state index in [2.05, 4.69) is 44.8 Å². The molecule has 0 aromatic carbocycles. The lowest BCUT2D eigenvalue weighted by Crippen LogP contribution is -2.57. The summed E-state index contributed by atoms with van der Waals surface area (Å²) >= 11 is 0. The van der Waals surface area contributed by atoms with Crippen molar-refractivity contribution < 1.29 is 4.74 Å². The Morgan fingerprint density at radius 2 is 2.06 bits per heavy atom. The van der Waals surface area contributed by atoms with Crippen molar-refractivity contribution in [3.8, 4) is 0 Å². The lowest BCUT2D eigenvalue weighted by molar-refractivity contribution is 0.0352. The van der Waals surface area contributed by atoms with Gasteiger partial charge in [0.2, 0.25) is 0 Å². The van der Waals surface area contributed by atoms with Crippen LogP contribution in [-0.2, 0) is 4.74 Å². The lowest BCUT2D eigenvalue weighted by atomic mass is 9.96. The molecule has 1 aliphatic rings. The van der Waals surface area contributed by atoms with Gasteiger partial charge in [0.25, 0.3) is 0 Å². The van der Waals surface area contributed by atoms with Crippen molar-refractivity contribution >= 4 is 0 Å². The Morgan fingerprint density at radius 3 is 2.65 bits per heavy atom. The maximum absolute atomic E-state index is 5.65. The first kappa shape index (κ1) is 14.9. The Balaban J connectivity index is 2.35. The number of piperazine rings is 1. The summed E-state index contributed by atoms with van der Waals surface area (Å²) in [5.41, 5.74) is 0. The van der Waals surface area contributed by atoms with Gasteiger partial charge in [-0.1, -0.05) is 20.3 Å². The van der Waals surface area contributed by atoms with Crippen LogP contribution >= 0.6 is 0 Å². The highest BCUT2D eigenvalue weighted by molar-refractivity contribution is 4.86. The van der Waals surface area contributed by atoms with Gasteiger partial charge in [0.05, 0.1) is 12.7 Å². The van der Waals surface area contributed by atoms with Gasteiger partial charge in [-0.2, -0.15) is 0 Å². The van der Waals surface area contributed by atoms with Gasteiger partial charge >= 0.3 is 0 Å². The van der Waals surface area contributed by atoms with E-state index >= 15 is 0 Å². The highest BCUT2D eigenvalue weighted by atomic mass is 16.5. The van der Waals surface area contributed by atoms with E-state index in [1.807, 2.05) is 0 Å². The molecular formula is C14H30N2O. The van der Waals surface area contributed by atoms with Gasteiger partial charge in [0.1, 0.15) is 0 Å². The van der Waals surface area contributed by atoms with E-state index in [9.17, 15) is 0 Å². The Kier molecular flexibility index (Phi) is 6.45. The monoisotopic (exact) mass is 242 g/mol. The molecule has 1 heterocycles. The molecule has 3 heteroatoms. The molecule has 1 saturated heterocycles. The molecule has 17 heavy (non-hydrogen) atoms. The molecule has 102 valence electrons. The number of hydrogen-bond donors (Lipinski definition) is 1. The summed E-state index contributed by atoms with van der Waals surface area (Å²) in [7, 11) is 0. The molecule has 1 aliphatic heterocycles. The Bertz CT molecular complexity index is 208.